The molecule has 2 atom stereocenters. The van der Waals surface area contributed by atoms with Gasteiger partial charge < -0.3 is 14.1 Å². The van der Waals surface area contributed by atoms with Gasteiger partial charge in [0.25, 0.3) is 0 Å². The molecule has 0 aliphatic carbocycles. The molecule has 1 aromatic heterocycles. The fraction of sp³-hybridized carbons (Fsp3) is 0.667. The zero-order valence-electron chi connectivity index (χ0n) is 12.0. The highest BCUT2D eigenvalue weighted by Crippen LogP contribution is 2.25. The van der Waals surface area contributed by atoms with Crippen LogP contribution in [0.1, 0.15) is 25.0 Å². The molecule has 1 aromatic rings. The number of carbonyl (C=O) groups excluding carboxylic acids is 1. The molecule has 0 spiro atoms. The van der Waals surface area contributed by atoms with Crippen molar-refractivity contribution in [3.63, 3.8) is 0 Å². The molecule has 5 heteroatoms. The van der Waals surface area contributed by atoms with E-state index < -0.39 is 0 Å². The van der Waals surface area contributed by atoms with Crippen LogP contribution in [-0.2, 0) is 16.1 Å². The van der Waals surface area contributed by atoms with Crippen LogP contribution in [0, 0.1) is 0 Å². The standard InChI is InChI=1S/C15H22N2O3/c1-19-13-9-14(15(18)16-6-2-3-7-16)17(11-13)10-12-5-4-8-20-12/h4-5,8,13-14H,2-3,6-7,9-11H2,1H3/t13-,14-/m0/s1. The largest absolute Gasteiger partial charge is 0.468 e. The number of amides is 1. The molecule has 0 unspecified atom stereocenters. The first-order chi connectivity index (χ1) is 9.78. The summed E-state index contributed by atoms with van der Waals surface area (Å²) < 4.78 is 10.9. The minimum absolute atomic E-state index is 0.0665. The molecule has 0 bridgehead atoms. The Labute approximate surface area is 119 Å². The van der Waals surface area contributed by atoms with Crippen LogP contribution in [0.4, 0.5) is 0 Å². The van der Waals surface area contributed by atoms with Crippen molar-refractivity contribution in [2.45, 2.75) is 38.0 Å². The molecule has 2 saturated heterocycles. The van der Waals surface area contributed by atoms with Crippen LogP contribution in [-0.4, -0.2) is 54.6 Å². The van der Waals surface area contributed by atoms with Gasteiger partial charge in [-0.1, -0.05) is 0 Å². The lowest BCUT2D eigenvalue weighted by atomic mass is 10.1. The molecule has 0 saturated carbocycles. The number of likely N-dealkylation sites (tertiary alicyclic amines) is 2. The maximum absolute atomic E-state index is 12.6. The molecular formula is C15H22N2O3. The zero-order valence-corrected chi connectivity index (χ0v) is 12.0. The summed E-state index contributed by atoms with van der Waals surface area (Å²) in [4.78, 5) is 16.8. The highest BCUT2D eigenvalue weighted by molar-refractivity contribution is 5.82. The highest BCUT2D eigenvalue weighted by Gasteiger charge is 2.39. The first-order valence-corrected chi connectivity index (χ1v) is 7.36. The third-order valence-corrected chi connectivity index (χ3v) is 4.34. The van der Waals surface area contributed by atoms with Crippen molar-refractivity contribution in [3.05, 3.63) is 24.2 Å². The van der Waals surface area contributed by atoms with Crippen LogP contribution in [0.25, 0.3) is 0 Å². The SMILES string of the molecule is CO[C@H]1C[C@@H](C(=O)N2CCCC2)N(Cc2ccco2)C1. The molecule has 0 N–H and O–H groups in total. The predicted molar refractivity (Wildman–Crippen MR) is 74.1 cm³/mol. The smallest absolute Gasteiger partial charge is 0.240 e. The Morgan fingerprint density at radius 1 is 1.45 bits per heavy atom. The summed E-state index contributed by atoms with van der Waals surface area (Å²) >= 11 is 0. The van der Waals surface area contributed by atoms with Gasteiger partial charge in [0.05, 0.1) is 25.0 Å². The van der Waals surface area contributed by atoms with Crippen molar-refractivity contribution in [3.8, 4) is 0 Å². The Morgan fingerprint density at radius 3 is 2.90 bits per heavy atom. The normalized spacial score (nSPS) is 27.4. The third kappa shape index (κ3) is 2.74. The number of ether oxygens (including phenoxy) is 1. The van der Waals surface area contributed by atoms with Crippen molar-refractivity contribution in [2.24, 2.45) is 0 Å². The van der Waals surface area contributed by atoms with E-state index >= 15 is 0 Å². The van der Waals surface area contributed by atoms with Gasteiger partial charge in [0.15, 0.2) is 0 Å². The van der Waals surface area contributed by atoms with Gasteiger partial charge in [-0.25, -0.2) is 0 Å². The number of methoxy groups -OCH3 is 1. The summed E-state index contributed by atoms with van der Waals surface area (Å²) in [6, 6.07) is 3.77. The van der Waals surface area contributed by atoms with Crippen LogP contribution < -0.4 is 0 Å². The van der Waals surface area contributed by atoms with Crippen molar-refractivity contribution >= 4 is 5.91 Å². The summed E-state index contributed by atoms with van der Waals surface area (Å²) in [6.07, 6.45) is 4.86. The molecule has 5 nitrogen and oxygen atoms in total. The highest BCUT2D eigenvalue weighted by atomic mass is 16.5. The summed E-state index contributed by atoms with van der Waals surface area (Å²) in [5, 5.41) is 0. The van der Waals surface area contributed by atoms with E-state index in [1.54, 1.807) is 13.4 Å². The van der Waals surface area contributed by atoms with E-state index in [2.05, 4.69) is 4.90 Å². The average Bonchev–Trinajstić information content (AvgIpc) is 3.20. The topological polar surface area (TPSA) is 45.9 Å². The van der Waals surface area contributed by atoms with E-state index in [1.165, 1.54) is 0 Å². The molecule has 110 valence electrons. The summed E-state index contributed by atoms with van der Waals surface area (Å²) in [6.45, 7) is 3.28. The van der Waals surface area contributed by atoms with Crippen molar-refractivity contribution in [1.82, 2.24) is 9.80 Å². The van der Waals surface area contributed by atoms with Gasteiger partial charge in [-0.3, -0.25) is 9.69 Å². The minimum atomic E-state index is -0.0665. The summed E-state index contributed by atoms with van der Waals surface area (Å²) in [7, 11) is 1.72. The van der Waals surface area contributed by atoms with Crippen LogP contribution in [0.5, 0.6) is 0 Å². The van der Waals surface area contributed by atoms with Crippen LogP contribution >= 0.6 is 0 Å². The monoisotopic (exact) mass is 278 g/mol. The number of hydrogen-bond acceptors (Lipinski definition) is 4. The third-order valence-electron chi connectivity index (χ3n) is 4.34. The Balaban J connectivity index is 1.70. The maximum Gasteiger partial charge on any atom is 0.240 e. The molecule has 1 amide bonds. The van der Waals surface area contributed by atoms with Gasteiger partial charge in [-0.05, 0) is 31.4 Å². The van der Waals surface area contributed by atoms with Crippen molar-refractivity contribution < 1.29 is 13.9 Å². The number of rotatable bonds is 4. The second-order valence-corrected chi connectivity index (χ2v) is 5.65. The molecule has 3 rings (SSSR count). The molecule has 2 aliphatic heterocycles. The van der Waals surface area contributed by atoms with E-state index in [-0.39, 0.29) is 18.1 Å². The molecule has 20 heavy (non-hydrogen) atoms. The van der Waals surface area contributed by atoms with E-state index in [0.29, 0.717) is 6.54 Å². The van der Waals surface area contributed by atoms with E-state index in [9.17, 15) is 4.79 Å². The van der Waals surface area contributed by atoms with Gasteiger partial charge in [-0.2, -0.15) is 0 Å². The Morgan fingerprint density at radius 2 is 2.25 bits per heavy atom. The lowest BCUT2D eigenvalue weighted by Gasteiger charge is -2.26. The molecule has 0 aromatic carbocycles. The quantitative estimate of drug-likeness (QED) is 0.837. The summed E-state index contributed by atoms with van der Waals surface area (Å²) in [5.41, 5.74) is 0. The number of furan rings is 1. The van der Waals surface area contributed by atoms with Crippen molar-refractivity contribution in [2.75, 3.05) is 26.7 Å². The van der Waals surface area contributed by atoms with Gasteiger partial charge in [0, 0.05) is 26.7 Å². The van der Waals surface area contributed by atoms with Crippen LogP contribution in [0.2, 0.25) is 0 Å². The number of carbonyl (C=O) groups is 1. The first-order valence-electron chi connectivity index (χ1n) is 7.36. The molecule has 2 aliphatic rings. The number of hydrogen-bond donors (Lipinski definition) is 0. The van der Waals surface area contributed by atoms with Crippen molar-refractivity contribution in [1.29, 1.82) is 0 Å². The maximum atomic E-state index is 12.6. The number of nitrogens with zero attached hydrogens (tertiary/aromatic N) is 2. The zero-order chi connectivity index (χ0) is 13.9. The van der Waals surface area contributed by atoms with Crippen LogP contribution in [0.15, 0.2) is 22.8 Å². The van der Waals surface area contributed by atoms with Gasteiger partial charge >= 0.3 is 0 Å². The second kappa shape index (κ2) is 5.97. The summed E-state index contributed by atoms with van der Waals surface area (Å²) in [5.74, 6) is 1.16. The second-order valence-electron chi connectivity index (χ2n) is 5.65. The predicted octanol–water partition coefficient (Wildman–Crippen LogP) is 1.49. The van der Waals surface area contributed by atoms with E-state index in [4.69, 9.17) is 9.15 Å². The van der Waals surface area contributed by atoms with E-state index in [0.717, 1.165) is 44.7 Å². The Bertz CT molecular complexity index is 440. The average molecular weight is 278 g/mol. The van der Waals surface area contributed by atoms with Gasteiger partial charge in [0.2, 0.25) is 5.91 Å². The minimum Gasteiger partial charge on any atom is -0.468 e. The molecular weight excluding hydrogens is 256 g/mol. The lowest BCUT2D eigenvalue weighted by molar-refractivity contribution is -0.135. The Hall–Kier alpha value is -1.33. The Kier molecular flexibility index (Phi) is 4.08. The van der Waals surface area contributed by atoms with Gasteiger partial charge in [-0.15, -0.1) is 0 Å². The first kappa shape index (κ1) is 13.6. The van der Waals surface area contributed by atoms with Crippen LogP contribution in [0.3, 0.4) is 0 Å². The molecule has 0 radical (unpaired) electrons. The molecule has 3 heterocycles. The molecule has 2 fully saturated rings. The van der Waals surface area contributed by atoms with E-state index in [1.807, 2.05) is 17.0 Å². The fourth-order valence-electron chi connectivity index (χ4n) is 3.21. The lowest BCUT2D eigenvalue weighted by Crippen LogP contribution is -2.44. The van der Waals surface area contributed by atoms with Gasteiger partial charge in [0.1, 0.15) is 5.76 Å². The fourth-order valence-corrected chi connectivity index (χ4v) is 3.21.